The standard InChI is InChI=1S/C12H16ClFOS/c1-9(6-13)7-16-8-10-3-4-12(15-2)11(14)5-10/h3-5,9H,6-8H2,1-2H3. The zero-order valence-corrected chi connectivity index (χ0v) is 11.1. The smallest absolute Gasteiger partial charge is 0.165 e. The minimum atomic E-state index is -0.300. The Kier molecular flexibility index (Phi) is 5.99. The van der Waals surface area contributed by atoms with Gasteiger partial charge in [-0.1, -0.05) is 13.0 Å². The molecule has 0 aromatic heterocycles. The summed E-state index contributed by atoms with van der Waals surface area (Å²) in [7, 11) is 1.47. The van der Waals surface area contributed by atoms with E-state index < -0.39 is 0 Å². The maximum atomic E-state index is 13.3. The van der Waals surface area contributed by atoms with Crippen molar-refractivity contribution < 1.29 is 9.13 Å². The minimum Gasteiger partial charge on any atom is -0.494 e. The van der Waals surface area contributed by atoms with Crippen LogP contribution in [0, 0.1) is 11.7 Å². The Morgan fingerprint density at radius 3 is 2.81 bits per heavy atom. The molecule has 1 aromatic carbocycles. The molecule has 0 fully saturated rings. The first-order valence-electron chi connectivity index (χ1n) is 5.13. The highest BCUT2D eigenvalue weighted by Gasteiger charge is 2.04. The lowest BCUT2D eigenvalue weighted by Gasteiger charge is -2.08. The Labute approximate surface area is 105 Å². The summed E-state index contributed by atoms with van der Waals surface area (Å²) in [6, 6.07) is 5.08. The topological polar surface area (TPSA) is 9.23 Å². The van der Waals surface area contributed by atoms with Gasteiger partial charge in [0, 0.05) is 11.6 Å². The zero-order valence-electron chi connectivity index (χ0n) is 9.50. The predicted octanol–water partition coefficient (Wildman–Crippen LogP) is 3.94. The molecule has 0 saturated carbocycles. The van der Waals surface area contributed by atoms with Crippen molar-refractivity contribution in [1.82, 2.24) is 0 Å². The van der Waals surface area contributed by atoms with Crippen LogP contribution in [-0.4, -0.2) is 18.7 Å². The van der Waals surface area contributed by atoms with Crippen molar-refractivity contribution in [3.8, 4) is 5.75 Å². The quantitative estimate of drug-likeness (QED) is 0.718. The number of methoxy groups -OCH3 is 1. The fraction of sp³-hybridized carbons (Fsp3) is 0.500. The van der Waals surface area contributed by atoms with Gasteiger partial charge in [-0.15, -0.1) is 11.6 Å². The number of rotatable bonds is 6. The second kappa shape index (κ2) is 7.02. The highest BCUT2D eigenvalue weighted by atomic mass is 35.5. The average molecular weight is 263 g/mol. The van der Waals surface area contributed by atoms with E-state index in [-0.39, 0.29) is 5.82 Å². The number of ether oxygens (including phenoxy) is 1. The molecule has 16 heavy (non-hydrogen) atoms. The van der Waals surface area contributed by atoms with Crippen molar-refractivity contribution in [2.45, 2.75) is 12.7 Å². The van der Waals surface area contributed by atoms with Crippen LogP contribution in [0.1, 0.15) is 12.5 Å². The van der Waals surface area contributed by atoms with Crippen LogP contribution in [0.4, 0.5) is 4.39 Å². The van der Waals surface area contributed by atoms with E-state index in [4.69, 9.17) is 16.3 Å². The Morgan fingerprint density at radius 1 is 1.50 bits per heavy atom. The molecule has 0 aliphatic carbocycles. The first-order chi connectivity index (χ1) is 7.67. The lowest BCUT2D eigenvalue weighted by molar-refractivity contribution is 0.386. The van der Waals surface area contributed by atoms with Crippen LogP contribution < -0.4 is 4.74 Å². The molecule has 4 heteroatoms. The van der Waals surface area contributed by atoms with Crippen LogP contribution in [0.3, 0.4) is 0 Å². The molecule has 1 nitrogen and oxygen atoms in total. The maximum Gasteiger partial charge on any atom is 0.165 e. The summed E-state index contributed by atoms with van der Waals surface area (Å²) in [5, 5.41) is 0. The SMILES string of the molecule is COc1ccc(CSCC(C)CCl)cc1F. The van der Waals surface area contributed by atoms with Crippen LogP contribution in [0.5, 0.6) is 5.75 Å². The normalized spacial score (nSPS) is 12.5. The molecule has 1 rings (SSSR count). The summed E-state index contributed by atoms with van der Waals surface area (Å²) < 4.78 is 18.2. The van der Waals surface area contributed by atoms with E-state index in [0.29, 0.717) is 17.5 Å². The third-order valence-electron chi connectivity index (χ3n) is 2.15. The van der Waals surface area contributed by atoms with E-state index in [0.717, 1.165) is 17.1 Å². The fourth-order valence-electron chi connectivity index (χ4n) is 1.22. The van der Waals surface area contributed by atoms with Crippen molar-refractivity contribution in [3.05, 3.63) is 29.6 Å². The van der Waals surface area contributed by atoms with E-state index in [9.17, 15) is 4.39 Å². The minimum absolute atomic E-state index is 0.294. The summed E-state index contributed by atoms with van der Waals surface area (Å²) in [4.78, 5) is 0. The molecule has 0 aliphatic heterocycles. The van der Waals surface area contributed by atoms with Gasteiger partial charge in [0.05, 0.1) is 7.11 Å². The van der Waals surface area contributed by atoms with Crippen LogP contribution >= 0.6 is 23.4 Å². The lowest BCUT2D eigenvalue weighted by atomic mass is 10.2. The van der Waals surface area contributed by atoms with Gasteiger partial charge in [-0.25, -0.2) is 4.39 Å². The van der Waals surface area contributed by atoms with Crippen molar-refractivity contribution in [3.63, 3.8) is 0 Å². The summed E-state index contributed by atoms with van der Waals surface area (Å²) in [5.74, 6) is 2.96. The number of halogens is 2. The van der Waals surface area contributed by atoms with Gasteiger partial charge < -0.3 is 4.74 Å². The van der Waals surface area contributed by atoms with Crippen LogP contribution in [0.2, 0.25) is 0 Å². The molecule has 1 atom stereocenters. The van der Waals surface area contributed by atoms with E-state index in [1.807, 2.05) is 6.07 Å². The maximum absolute atomic E-state index is 13.3. The Hall–Kier alpha value is -0.410. The van der Waals surface area contributed by atoms with E-state index >= 15 is 0 Å². The van der Waals surface area contributed by atoms with E-state index in [1.165, 1.54) is 13.2 Å². The van der Waals surface area contributed by atoms with Gasteiger partial charge in [0.25, 0.3) is 0 Å². The van der Waals surface area contributed by atoms with E-state index in [2.05, 4.69) is 6.92 Å². The number of thioether (sulfide) groups is 1. The average Bonchev–Trinajstić information content (AvgIpc) is 2.29. The number of benzene rings is 1. The molecule has 0 heterocycles. The molecule has 1 unspecified atom stereocenters. The molecular weight excluding hydrogens is 247 g/mol. The van der Waals surface area contributed by atoms with Gasteiger partial charge in [0.15, 0.2) is 11.6 Å². The zero-order chi connectivity index (χ0) is 12.0. The van der Waals surface area contributed by atoms with Gasteiger partial charge in [-0.05, 0) is 29.4 Å². The third-order valence-corrected chi connectivity index (χ3v) is 4.02. The fourth-order valence-corrected chi connectivity index (χ4v) is 2.51. The van der Waals surface area contributed by atoms with Crippen LogP contribution in [0.15, 0.2) is 18.2 Å². The molecule has 1 aromatic rings. The van der Waals surface area contributed by atoms with Gasteiger partial charge in [-0.3, -0.25) is 0 Å². The molecule has 90 valence electrons. The largest absolute Gasteiger partial charge is 0.494 e. The highest BCUT2D eigenvalue weighted by molar-refractivity contribution is 7.98. The molecule has 0 N–H and O–H groups in total. The highest BCUT2D eigenvalue weighted by Crippen LogP contribution is 2.21. The summed E-state index contributed by atoms with van der Waals surface area (Å²) >= 11 is 7.48. The predicted molar refractivity (Wildman–Crippen MR) is 69.0 cm³/mol. The first-order valence-corrected chi connectivity index (χ1v) is 6.82. The first kappa shape index (κ1) is 13.7. The van der Waals surface area contributed by atoms with Crippen molar-refractivity contribution in [1.29, 1.82) is 0 Å². The third kappa shape index (κ3) is 4.22. The Morgan fingerprint density at radius 2 is 2.25 bits per heavy atom. The van der Waals surface area contributed by atoms with Gasteiger partial charge in [0.2, 0.25) is 0 Å². The van der Waals surface area contributed by atoms with Crippen LogP contribution in [0.25, 0.3) is 0 Å². The van der Waals surface area contributed by atoms with Gasteiger partial charge in [0.1, 0.15) is 0 Å². The Balaban J connectivity index is 2.46. The molecule has 0 radical (unpaired) electrons. The molecule has 0 bridgehead atoms. The van der Waals surface area contributed by atoms with Gasteiger partial charge >= 0.3 is 0 Å². The van der Waals surface area contributed by atoms with Crippen molar-refractivity contribution in [2.75, 3.05) is 18.7 Å². The molecule has 0 amide bonds. The van der Waals surface area contributed by atoms with Crippen molar-refractivity contribution in [2.24, 2.45) is 5.92 Å². The molecule has 0 spiro atoms. The van der Waals surface area contributed by atoms with Crippen LogP contribution in [-0.2, 0) is 5.75 Å². The summed E-state index contributed by atoms with van der Waals surface area (Å²) in [5.41, 5.74) is 0.977. The van der Waals surface area contributed by atoms with E-state index in [1.54, 1.807) is 17.8 Å². The second-order valence-corrected chi connectivity index (χ2v) is 5.08. The summed E-state index contributed by atoms with van der Waals surface area (Å²) in [6.45, 7) is 2.11. The Bertz CT molecular complexity index is 333. The number of hydrogen-bond donors (Lipinski definition) is 0. The van der Waals surface area contributed by atoms with Gasteiger partial charge in [-0.2, -0.15) is 11.8 Å². The molecular formula is C12H16ClFOS. The summed E-state index contributed by atoms with van der Waals surface area (Å²) in [6.07, 6.45) is 0. The molecule has 0 aliphatic rings. The second-order valence-electron chi connectivity index (χ2n) is 3.74. The van der Waals surface area contributed by atoms with Crippen molar-refractivity contribution >= 4 is 23.4 Å². The number of hydrogen-bond acceptors (Lipinski definition) is 2. The number of alkyl halides is 1. The monoisotopic (exact) mass is 262 g/mol. The lowest BCUT2D eigenvalue weighted by Crippen LogP contribution is -1.99. The molecule has 0 saturated heterocycles.